The van der Waals surface area contributed by atoms with E-state index in [-0.39, 0.29) is 12.4 Å². The van der Waals surface area contributed by atoms with Gasteiger partial charge < -0.3 is 21.4 Å². The Morgan fingerprint density at radius 3 is 2.68 bits per heavy atom. The number of aliphatic hydroxyl groups is 1. The number of halogens is 1. The highest BCUT2D eigenvalue weighted by atomic mass is 19.1. The highest BCUT2D eigenvalue weighted by Gasteiger charge is 2.19. The molecular formula is C13H20FN3O2. The number of amidine groups is 1. The molecule has 5 nitrogen and oxygen atoms in total. The van der Waals surface area contributed by atoms with Crippen molar-refractivity contribution in [2.45, 2.75) is 32.4 Å². The molecule has 0 saturated carbocycles. The van der Waals surface area contributed by atoms with Gasteiger partial charge in [0.2, 0.25) is 0 Å². The van der Waals surface area contributed by atoms with Crippen LogP contribution in [0.25, 0.3) is 0 Å². The average Bonchev–Trinajstić information content (AvgIpc) is 2.43. The number of nitrogens with one attached hydrogen (secondary N) is 1. The third-order valence-electron chi connectivity index (χ3n) is 3.21. The Kier molecular flexibility index (Phi) is 5.26. The highest BCUT2D eigenvalue weighted by Crippen LogP contribution is 2.13. The summed E-state index contributed by atoms with van der Waals surface area (Å²) in [4.78, 5) is 0. The third kappa shape index (κ3) is 4.18. The van der Waals surface area contributed by atoms with E-state index in [2.05, 4.69) is 10.5 Å². The maximum absolute atomic E-state index is 13.4. The van der Waals surface area contributed by atoms with Crippen LogP contribution in [0.3, 0.4) is 0 Å². The molecule has 0 aliphatic heterocycles. The van der Waals surface area contributed by atoms with E-state index in [0.29, 0.717) is 17.7 Å². The minimum Gasteiger partial charge on any atom is -0.409 e. The molecule has 0 amide bonds. The minimum absolute atomic E-state index is 0.00803. The van der Waals surface area contributed by atoms with E-state index in [0.717, 1.165) is 6.42 Å². The van der Waals surface area contributed by atoms with E-state index in [9.17, 15) is 9.50 Å². The molecule has 1 atom stereocenters. The summed E-state index contributed by atoms with van der Waals surface area (Å²) in [7, 11) is 0. The van der Waals surface area contributed by atoms with E-state index < -0.39 is 11.4 Å². The van der Waals surface area contributed by atoms with Crippen molar-refractivity contribution < 1.29 is 14.7 Å². The normalized spacial score (nSPS) is 15.3. The fraction of sp³-hybridized carbons (Fsp3) is 0.462. The molecule has 6 heteroatoms. The topological polar surface area (TPSA) is 90.9 Å². The number of hydrogen-bond donors (Lipinski definition) is 4. The van der Waals surface area contributed by atoms with Crippen LogP contribution in [0.2, 0.25) is 0 Å². The van der Waals surface area contributed by atoms with Crippen LogP contribution >= 0.6 is 0 Å². The zero-order valence-electron chi connectivity index (χ0n) is 11.2. The number of rotatable bonds is 6. The standard InChI is InChI=1S/C13H20FN3O2/c1-3-13(2,8-18)16-7-9-4-10(12(15)17-19)6-11(14)5-9/h4-6,16,18-19H,3,7-8H2,1-2H3,(H2,15,17). The Balaban J connectivity index is 2.88. The van der Waals surface area contributed by atoms with Gasteiger partial charge in [-0.25, -0.2) is 4.39 Å². The van der Waals surface area contributed by atoms with E-state index in [1.54, 1.807) is 6.07 Å². The molecule has 5 N–H and O–H groups in total. The molecule has 1 aromatic rings. The van der Waals surface area contributed by atoms with Gasteiger partial charge in [-0.15, -0.1) is 0 Å². The van der Waals surface area contributed by atoms with Crippen LogP contribution in [-0.2, 0) is 6.54 Å². The van der Waals surface area contributed by atoms with Crippen LogP contribution in [0, 0.1) is 5.82 Å². The predicted octanol–water partition coefficient (Wildman–Crippen LogP) is 1.17. The second kappa shape index (κ2) is 6.49. The second-order valence-electron chi connectivity index (χ2n) is 4.76. The van der Waals surface area contributed by atoms with Crippen LogP contribution < -0.4 is 11.1 Å². The molecule has 0 aromatic heterocycles. The van der Waals surface area contributed by atoms with Gasteiger partial charge in [0.05, 0.1) is 6.61 Å². The quantitative estimate of drug-likeness (QED) is 0.270. The lowest BCUT2D eigenvalue weighted by atomic mass is 9.99. The van der Waals surface area contributed by atoms with Crippen molar-refractivity contribution in [3.63, 3.8) is 0 Å². The lowest BCUT2D eigenvalue weighted by molar-refractivity contribution is 0.169. The summed E-state index contributed by atoms with van der Waals surface area (Å²) in [6.45, 7) is 4.22. The van der Waals surface area contributed by atoms with E-state index in [1.807, 2.05) is 13.8 Å². The zero-order chi connectivity index (χ0) is 14.5. The molecule has 1 aromatic carbocycles. The van der Waals surface area contributed by atoms with Crippen LogP contribution in [0.4, 0.5) is 4.39 Å². The van der Waals surface area contributed by atoms with Crippen molar-refractivity contribution >= 4 is 5.84 Å². The average molecular weight is 269 g/mol. The Hall–Kier alpha value is -1.66. The molecule has 106 valence electrons. The van der Waals surface area contributed by atoms with Crippen molar-refractivity contribution in [3.05, 3.63) is 35.1 Å². The van der Waals surface area contributed by atoms with Crippen molar-refractivity contribution in [1.82, 2.24) is 5.32 Å². The minimum atomic E-state index is -0.455. The maximum atomic E-state index is 13.4. The first-order chi connectivity index (χ1) is 8.94. The molecule has 0 heterocycles. The van der Waals surface area contributed by atoms with Gasteiger partial charge in [-0.1, -0.05) is 12.1 Å². The SMILES string of the molecule is CCC(C)(CO)NCc1cc(F)cc(/C(N)=N/O)c1. The predicted molar refractivity (Wildman–Crippen MR) is 71.5 cm³/mol. The summed E-state index contributed by atoms with van der Waals surface area (Å²) in [6.07, 6.45) is 0.742. The Labute approximate surface area is 111 Å². The van der Waals surface area contributed by atoms with Crippen LogP contribution in [0.5, 0.6) is 0 Å². The summed E-state index contributed by atoms with van der Waals surface area (Å²) in [6, 6.07) is 4.21. The second-order valence-corrected chi connectivity index (χ2v) is 4.76. The smallest absolute Gasteiger partial charge is 0.170 e. The molecule has 1 unspecified atom stereocenters. The Bertz CT molecular complexity index is 459. The molecule has 0 bridgehead atoms. The molecule has 0 saturated heterocycles. The fourth-order valence-corrected chi connectivity index (χ4v) is 1.57. The van der Waals surface area contributed by atoms with Gasteiger partial charge in [-0.2, -0.15) is 0 Å². The molecule has 0 spiro atoms. The lowest BCUT2D eigenvalue weighted by Gasteiger charge is -2.27. The fourth-order valence-electron chi connectivity index (χ4n) is 1.57. The van der Waals surface area contributed by atoms with Crippen molar-refractivity contribution in [1.29, 1.82) is 0 Å². The summed E-state index contributed by atoms with van der Waals surface area (Å²) < 4.78 is 13.4. The van der Waals surface area contributed by atoms with Crippen molar-refractivity contribution in [2.75, 3.05) is 6.61 Å². The molecule has 0 fully saturated rings. The highest BCUT2D eigenvalue weighted by molar-refractivity contribution is 5.97. The number of aliphatic hydroxyl groups excluding tert-OH is 1. The Morgan fingerprint density at radius 1 is 1.47 bits per heavy atom. The lowest BCUT2D eigenvalue weighted by Crippen LogP contribution is -2.44. The van der Waals surface area contributed by atoms with Crippen LogP contribution in [0.15, 0.2) is 23.4 Å². The molecule has 0 radical (unpaired) electrons. The first-order valence-electron chi connectivity index (χ1n) is 6.07. The van der Waals surface area contributed by atoms with Crippen LogP contribution in [-0.4, -0.2) is 28.3 Å². The summed E-state index contributed by atoms with van der Waals surface area (Å²) in [5.41, 5.74) is 6.01. The molecular weight excluding hydrogens is 249 g/mol. The monoisotopic (exact) mass is 269 g/mol. The van der Waals surface area contributed by atoms with E-state index >= 15 is 0 Å². The van der Waals surface area contributed by atoms with Gasteiger partial charge in [-0.05, 0) is 37.1 Å². The van der Waals surface area contributed by atoms with Crippen molar-refractivity contribution in [2.24, 2.45) is 10.9 Å². The summed E-state index contributed by atoms with van der Waals surface area (Å²) in [5, 5.41) is 23.9. The van der Waals surface area contributed by atoms with Gasteiger partial charge in [0.25, 0.3) is 0 Å². The van der Waals surface area contributed by atoms with Crippen molar-refractivity contribution in [3.8, 4) is 0 Å². The molecule has 1 rings (SSSR count). The molecule has 0 aliphatic carbocycles. The van der Waals surface area contributed by atoms with Gasteiger partial charge in [0.1, 0.15) is 5.82 Å². The number of benzene rings is 1. The van der Waals surface area contributed by atoms with Crippen LogP contribution in [0.1, 0.15) is 31.4 Å². The van der Waals surface area contributed by atoms with Gasteiger partial charge in [0, 0.05) is 17.6 Å². The zero-order valence-corrected chi connectivity index (χ0v) is 11.2. The molecule has 0 aliphatic rings. The number of hydrogen-bond acceptors (Lipinski definition) is 4. The largest absolute Gasteiger partial charge is 0.409 e. The summed E-state index contributed by atoms with van der Waals surface area (Å²) in [5.74, 6) is -0.593. The van der Waals surface area contributed by atoms with Gasteiger partial charge >= 0.3 is 0 Å². The molecule has 19 heavy (non-hydrogen) atoms. The van der Waals surface area contributed by atoms with Gasteiger partial charge in [0.15, 0.2) is 5.84 Å². The summed E-state index contributed by atoms with van der Waals surface area (Å²) >= 11 is 0. The number of nitrogens with zero attached hydrogens (tertiary/aromatic N) is 1. The first kappa shape index (κ1) is 15.4. The maximum Gasteiger partial charge on any atom is 0.170 e. The first-order valence-corrected chi connectivity index (χ1v) is 6.07. The number of nitrogens with two attached hydrogens (primary N) is 1. The van der Waals surface area contributed by atoms with Gasteiger partial charge in [-0.3, -0.25) is 0 Å². The van der Waals surface area contributed by atoms with E-state index in [4.69, 9.17) is 10.9 Å². The third-order valence-corrected chi connectivity index (χ3v) is 3.21. The van der Waals surface area contributed by atoms with E-state index in [1.165, 1.54) is 12.1 Å². The number of oxime groups is 1. The Morgan fingerprint density at radius 2 is 2.16 bits per heavy atom.